The minimum Gasteiger partial charge on any atom is -0.255 e. The lowest BCUT2D eigenvalue weighted by Gasteiger charge is -2.04. The molecule has 0 amide bonds. The van der Waals surface area contributed by atoms with Gasteiger partial charge in [0.15, 0.2) is 0 Å². The van der Waals surface area contributed by atoms with Crippen LogP contribution in [0.3, 0.4) is 0 Å². The van der Waals surface area contributed by atoms with Crippen molar-refractivity contribution in [2.45, 2.75) is 4.90 Å². The van der Waals surface area contributed by atoms with Crippen LogP contribution in [-0.2, 0) is 0 Å². The molecule has 4 heteroatoms. The van der Waals surface area contributed by atoms with E-state index in [1.807, 2.05) is 36.6 Å². The summed E-state index contributed by atoms with van der Waals surface area (Å²) in [6.07, 6.45) is 3.55. The lowest BCUT2D eigenvalue weighted by Crippen LogP contribution is -1.88. The van der Waals surface area contributed by atoms with Gasteiger partial charge < -0.3 is 0 Å². The molecule has 0 fully saturated rings. The normalized spacial score (nSPS) is 9.94. The van der Waals surface area contributed by atoms with Gasteiger partial charge in [-0.05, 0) is 24.5 Å². The van der Waals surface area contributed by atoms with Gasteiger partial charge in [0.05, 0.1) is 11.3 Å². The smallest absolute Gasteiger partial charge is 0.102 e. The molecule has 1 aromatic heterocycles. The maximum atomic E-state index is 8.93. The molecule has 0 aliphatic carbocycles. The van der Waals surface area contributed by atoms with E-state index in [0.717, 1.165) is 16.2 Å². The molecular formula is C13H9ClN2S. The number of nitrogens with zero attached hydrogens (tertiary/aromatic N) is 2. The van der Waals surface area contributed by atoms with Gasteiger partial charge in [0.25, 0.3) is 0 Å². The Kier molecular flexibility index (Phi) is 3.68. The van der Waals surface area contributed by atoms with Gasteiger partial charge in [-0.25, -0.2) is 0 Å². The molecular weight excluding hydrogens is 252 g/mol. The number of aromatic nitrogens is 1. The predicted octanol–water partition coefficient (Wildman–Crippen LogP) is 4.00. The standard InChI is InChI=1S/C13H9ClN2S/c1-17-13-6-12(16-8-10(13)7-15)9-2-4-11(14)5-3-9/h2-6,8H,1H3. The number of hydrogen-bond donors (Lipinski definition) is 0. The maximum absolute atomic E-state index is 8.93. The number of thioether (sulfide) groups is 1. The highest BCUT2D eigenvalue weighted by molar-refractivity contribution is 7.98. The third-order valence-electron chi connectivity index (χ3n) is 2.35. The third-order valence-corrected chi connectivity index (χ3v) is 3.38. The predicted molar refractivity (Wildman–Crippen MR) is 71.2 cm³/mol. The summed E-state index contributed by atoms with van der Waals surface area (Å²) >= 11 is 7.38. The average Bonchev–Trinajstić information content (AvgIpc) is 2.39. The number of rotatable bonds is 2. The highest BCUT2D eigenvalue weighted by Crippen LogP contribution is 2.26. The van der Waals surface area contributed by atoms with Gasteiger partial charge in [-0.1, -0.05) is 23.7 Å². The summed E-state index contributed by atoms with van der Waals surface area (Å²) in [7, 11) is 0. The number of hydrogen-bond acceptors (Lipinski definition) is 3. The van der Waals surface area contributed by atoms with E-state index in [-0.39, 0.29) is 0 Å². The molecule has 0 spiro atoms. The van der Waals surface area contributed by atoms with Gasteiger partial charge in [0, 0.05) is 21.7 Å². The summed E-state index contributed by atoms with van der Waals surface area (Å²) in [4.78, 5) is 5.22. The molecule has 0 saturated heterocycles. The average molecular weight is 261 g/mol. The Bertz CT molecular complexity index is 573. The molecule has 2 rings (SSSR count). The molecule has 84 valence electrons. The summed E-state index contributed by atoms with van der Waals surface area (Å²) in [6, 6.07) is 11.5. The molecule has 0 N–H and O–H groups in total. The van der Waals surface area contributed by atoms with Crippen molar-refractivity contribution in [3.63, 3.8) is 0 Å². The Morgan fingerprint density at radius 3 is 2.59 bits per heavy atom. The van der Waals surface area contributed by atoms with E-state index in [0.29, 0.717) is 10.6 Å². The van der Waals surface area contributed by atoms with Crippen molar-refractivity contribution in [3.05, 3.63) is 47.1 Å². The lowest BCUT2D eigenvalue weighted by atomic mass is 10.1. The SMILES string of the molecule is CSc1cc(-c2ccc(Cl)cc2)ncc1C#N. The minimum atomic E-state index is 0.607. The Morgan fingerprint density at radius 2 is 2.00 bits per heavy atom. The third kappa shape index (κ3) is 2.60. The zero-order valence-electron chi connectivity index (χ0n) is 9.14. The first-order valence-electron chi connectivity index (χ1n) is 4.94. The van der Waals surface area contributed by atoms with Crippen LogP contribution in [0.25, 0.3) is 11.3 Å². The summed E-state index contributed by atoms with van der Waals surface area (Å²) < 4.78 is 0. The van der Waals surface area contributed by atoms with Gasteiger partial charge in [0.2, 0.25) is 0 Å². The second kappa shape index (κ2) is 5.22. The van der Waals surface area contributed by atoms with E-state index in [9.17, 15) is 0 Å². The van der Waals surface area contributed by atoms with Crippen molar-refractivity contribution in [3.8, 4) is 17.3 Å². The first-order chi connectivity index (χ1) is 8.24. The van der Waals surface area contributed by atoms with Crippen molar-refractivity contribution in [1.29, 1.82) is 5.26 Å². The van der Waals surface area contributed by atoms with Crippen LogP contribution in [0.5, 0.6) is 0 Å². The molecule has 0 radical (unpaired) electrons. The monoisotopic (exact) mass is 260 g/mol. The van der Waals surface area contributed by atoms with E-state index in [2.05, 4.69) is 11.1 Å². The quantitative estimate of drug-likeness (QED) is 0.766. The second-order valence-electron chi connectivity index (χ2n) is 3.39. The summed E-state index contributed by atoms with van der Waals surface area (Å²) in [5.41, 5.74) is 2.45. The van der Waals surface area contributed by atoms with Crippen molar-refractivity contribution in [2.24, 2.45) is 0 Å². The van der Waals surface area contributed by atoms with Gasteiger partial charge in [-0.15, -0.1) is 11.8 Å². The number of halogens is 1. The molecule has 1 heterocycles. The molecule has 2 aromatic rings. The number of nitriles is 1. The first kappa shape index (κ1) is 12.0. The molecule has 1 aromatic carbocycles. The Hall–Kier alpha value is -1.50. The Balaban J connectivity index is 2.47. The second-order valence-corrected chi connectivity index (χ2v) is 4.67. The fourth-order valence-corrected chi connectivity index (χ4v) is 2.14. The molecule has 2 nitrogen and oxygen atoms in total. The summed E-state index contributed by atoms with van der Waals surface area (Å²) in [5.74, 6) is 0. The van der Waals surface area contributed by atoms with Crippen LogP contribution in [0.15, 0.2) is 41.4 Å². The van der Waals surface area contributed by atoms with Crippen LogP contribution in [0.4, 0.5) is 0 Å². The molecule has 0 atom stereocenters. The highest BCUT2D eigenvalue weighted by Gasteiger charge is 2.05. The van der Waals surface area contributed by atoms with E-state index in [1.165, 1.54) is 0 Å². The lowest BCUT2D eigenvalue weighted by molar-refractivity contribution is 1.23. The van der Waals surface area contributed by atoms with Crippen molar-refractivity contribution >= 4 is 23.4 Å². The minimum absolute atomic E-state index is 0.607. The van der Waals surface area contributed by atoms with Crippen LogP contribution in [0, 0.1) is 11.3 Å². The largest absolute Gasteiger partial charge is 0.255 e. The highest BCUT2D eigenvalue weighted by atomic mass is 35.5. The molecule has 17 heavy (non-hydrogen) atoms. The van der Waals surface area contributed by atoms with E-state index < -0.39 is 0 Å². The molecule has 0 unspecified atom stereocenters. The molecule has 0 bridgehead atoms. The van der Waals surface area contributed by atoms with Crippen LogP contribution < -0.4 is 0 Å². The van der Waals surface area contributed by atoms with Gasteiger partial charge in [-0.2, -0.15) is 5.26 Å². The van der Waals surface area contributed by atoms with Crippen LogP contribution in [0.1, 0.15) is 5.56 Å². The zero-order valence-corrected chi connectivity index (χ0v) is 10.7. The van der Waals surface area contributed by atoms with Crippen LogP contribution in [-0.4, -0.2) is 11.2 Å². The van der Waals surface area contributed by atoms with Crippen molar-refractivity contribution < 1.29 is 0 Å². The zero-order chi connectivity index (χ0) is 12.3. The van der Waals surface area contributed by atoms with E-state index in [1.54, 1.807) is 18.0 Å². The molecule has 0 saturated carbocycles. The fraction of sp³-hybridized carbons (Fsp3) is 0.0769. The number of pyridine rings is 1. The topological polar surface area (TPSA) is 36.7 Å². The van der Waals surface area contributed by atoms with Crippen LogP contribution >= 0.6 is 23.4 Å². The Morgan fingerprint density at radius 1 is 1.29 bits per heavy atom. The summed E-state index contributed by atoms with van der Waals surface area (Å²) in [5, 5.41) is 9.63. The van der Waals surface area contributed by atoms with E-state index in [4.69, 9.17) is 16.9 Å². The van der Waals surface area contributed by atoms with Gasteiger partial charge in [0.1, 0.15) is 6.07 Å². The first-order valence-corrected chi connectivity index (χ1v) is 6.55. The molecule has 0 aliphatic heterocycles. The van der Waals surface area contributed by atoms with Crippen molar-refractivity contribution in [1.82, 2.24) is 4.98 Å². The summed E-state index contributed by atoms with van der Waals surface area (Å²) in [6.45, 7) is 0. The van der Waals surface area contributed by atoms with E-state index >= 15 is 0 Å². The van der Waals surface area contributed by atoms with Crippen LogP contribution in [0.2, 0.25) is 5.02 Å². The number of benzene rings is 1. The maximum Gasteiger partial charge on any atom is 0.102 e. The Labute approximate surface area is 109 Å². The van der Waals surface area contributed by atoms with Gasteiger partial charge >= 0.3 is 0 Å². The van der Waals surface area contributed by atoms with Gasteiger partial charge in [-0.3, -0.25) is 4.98 Å². The fourth-order valence-electron chi connectivity index (χ4n) is 1.47. The van der Waals surface area contributed by atoms with Crippen molar-refractivity contribution in [2.75, 3.05) is 6.26 Å². The molecule has 0 aliphatic rings.